The summed E-state index contributed by atoms with van der Waals surface area (Å²) in [5.41, 5.74) is 4.46. The Hall–Kier alpha value is -2.64. The maximum Gasteiger partial charge on any atom is 0.203 e. The molecule has 1 fully saturated rings. The van der Waals surface area contributed by atoms with Gasteiger partial charge in [0, 0.05) is 30.7 Å². The minimum atomic E-state index is -0.577. The first-order chi connectivity index (χ1) is 16.1. The number of nitrogens with zero attached hydrogens (tertiary/aromatic N) is 2. The van der Waals surface area contributed by atoms with E-state index in [1.165, 1.54) is 11.4 Å². The molecule has 2 heterocycles. The first kappa shape index (κ1) is 22.2. The van der Waals surface area contributed by atoms with E-state index >= 15 is 0 Å². The summed E-state index contributed by atoms with van der Waals surface area (Å²) in [7, 11) is 4.88. The maximum absolute atomic E-state index is 11.4. The van der Waals surface area contributed by atoms with Crippen LogP contribution in [0, 0.1) is 0 Å². The summed E-state index contributed by atoms with van der Waals surface area (Å²) in [5.74, 6) is 1.87. The van der Waals surface area contributed by atoms with Crippen molar-refractivity contribution in [2.45, 2.75) is 57.0 Å². The number of ether oxygens (including phenoxy) is 3. The summed E-state index contributed by atoms with van der Waals surface area (Å²) in [4.78, 5) is 5.02. The monoisotopic (exact) mass is 453 g/mol. The molecule has 2 aliphatic heterocycles. The van der Waals surface area contributed by atoms with Crippen LogP contribution in [0.2, 0.25) is 0 Å². The van der Waals surface area contributed by atoms with E-state index in [9.17, 15) is 5.11 Å². The average Bonchev–Trinajstić information content (AvgIpc) is 3.19. The van der Waals surface area contributed by atoms with Crippen LogP contribution in [-0.2, 0) is 6.42 Å². The summed E-state index contributed by atoms with van der Waals surface area (Å²) in [6.07, 6.45) is 3.65. The molecule has 0 amide bonds. The van der Waals surface area contributed by atoms with Crippen LogP contribution in [0.1, 0.15) is 43.4 Å². The van der Waals surface area contributed by atoms with E-state index in [1.807, 2.05) is 6.07 Å². The number of hydrogen-bond acceptors (Lipinski definition) is 7. The van der Waals surface area contributed by atoms with Gasteiger partial charge in [0.15, 0.2) is 11.5 Å². The Labute approximate surface area is 196 Å². The van der Waals surface area contributed by atoms with Gasteiger partial charge in [-0.05, 0) is 56.4 Å². The second-order valence-corrected chi connectivity index (χ2v) is 9.28. The number of aliphatic hydroxyl groups is 1. The third kappa shape index (κ3) is 3.67. The first-order valence-electron chi connectivity index (χ1n) is 11.9. The second-order valence-electron chi connectivity index (χ2n) is 9.28. The van der Waals surface area contributed by atoms with Crippen molar-refractivity contribution >= 4 is 11.4 Å². The van der Waals surface area contributed by atoms with E-state index in [1.54, 1.807) is 21.3 Å². The highest BCUT2D eigenvalue weighted by Crippen LogP contribution is 2.48. The van der Waals surface area contributed by atoms with Gasteiger partial charge in [0.05, 0.1) is 45.0 Å². The average molecular weight is 454 g/mol. The van der Waals surface area contributed by atoms with Crippen LogP contribution >= 0.6 is 0 Å². The second kappa shape index (κ2) is 8.95. The molecule has 5 rings (SSSR count). The van der Waals surface area contributed by atoms with Crippen molar-refractivity contribution in [3.63, 3.8) is 0 Å². The molecule has 2 N–H and O–H groups in total. The van der Waals surface area contributed by atoms with Crippen molar-refractivity contribution in [3.05, 3.63) is 41.5 Å². The molecule has 7 nitrogen and oxygen atoms in total. The van der Waals surface area contributed by atoms with Gasteiger partial charge >= 0.3 is 0 Å². The Kier molecular flexibility index (Phi) is 6.01. The zero-order valence-electron chi connectivity index (χ0n) is 20.0. The van der Waals surface area contributed by atoms with Crippen LogP contribution in [0.3, 0.4) is 0 Å². The Bertz CT molecular complexity index is 1010. The fourth-order valence-corrected chi connectivity index (χ4v) is 6.13. The topological polar surface area (TPSA) is 66.4 Å². The van der Waals surface area contributed by atoms with Crippen molar-refractivity contribution in [2.24, 2.45) is 0 Å². The lowest BCUT2D eigenvalue weighted by molar-refractivity contribution is 0.0222. The minimum Gasteiger partial charge on any atom is -0.493 e. The molecule has 33 heavy (non-hydrogen) atoms. The van der Waals surface area contributed by atoms with Gasteiger partial charge in [-0.3, -0.25) is 4.90 Å². The van der Waals surface area contributed by atoms with Crippen LogP contribution in [-0.4, -0.2) is 62.7 Å². The molecule has 3 unspecified atom stereocenters. The van der Waals surface area contributed by atoms with Crippen molar-refractivity contribution in [2.75, 3.05) is 44.6 Å². The van der Waals surface area contributed by atoms with Crippen LogP contribution in [0.25, 0.3) is 0 Å². The predicted molar refractivity (Wildman–Crippen MR) is 130 cm³/mol. The van der Waals surface area contributed by atoms with Crippen molar-refractivity contribution in [1.29, 1.82) is 0 Å². The number of aliphatic hydroxyl groups excluding tert-OH is 1. The molecule has 2 aromatic carbocycles. The third-order valence-electron chi connectivity index (χ3n) is 7.67. The molecular weight excluding hydrogens is 418 g/mol. The first-order valence-corrected chi connectivity index (χ1v) is 11.9. The molecule has 3 aliphatic rings. The quantitative estimate of drug-likeness (QED) is 0.714. The SMILES string of the molecule is COc1cc2c(c(OC)c1OC)CCC(N1CCC(N3c4ccccc4NC3C)CC1)C2O. The van der Waals surface area contributed by atoms with Crippen LogP contribution in [0.4, 0.5) is 11.4 Å². The van der Waals surface area contributed by atoms with E-state index < -0.39 is 6.10 Å². The summed E-state index contributed by atoms with van der Waals surface area (Å²) in [6, 6.07) is 11.1. The largest absolute Gasteiger partial charge is 0.493 e. The molecule has 178 valence electrons. The van der Waals surface area contributed by atoms with Gasteiger partial charge in [0.1, 0.15) is 0 Å². The highest BCUT2D eigenvalue weighted by molar-refractivity contribution is 5.76. The van der Waals surface area contributed by atoms with E-state index in [4.69, 9.17) is 14.2 Å². The van der Waals surface area contributed by atoms with Gasteiger partial charge in [-0.2, -0.15) is 0 Å². The lowest BCUT2D eigenvalue weighted by Gasteiger charge is -2.45. The fraction of sp³-hybridized carbons (Fsp3) is 0.538. The maximum atomic E-state index is 11.4. The molecule has 3 atom stereocenters. The molecule has 0 spiro atoms. The van der Waals surface area contributed by atoms with Crippen LogP contribution in [0.15, 0.2) is 30.3 Å². The molecule has 0 aromatic heterocycles. The van der Waals surface area contributed by atoms with Gasteiger partial charge in [0.2, 0.25) is 5.75 Å². The lowest BCUT2D eigenvalue weighted by atomic mass is 9.83. The van der Waals surface area contributed by atoms with Crippen LogP contribution in [0.5, 0.6) is 17.2 Å². The van der Waals surface area contributed by atoms with E-state index in [-0.39, 0.29) is 6.04 Å². The summed E-state index contributed by atoms with van der Waals surface area (Å²) >= 11 is 0. The molecule has 2 aromatic rings. The van der Waals surface area contributed by atoms with Crippen molar-refractivity contribution in [1.82, 2.24) is 4.90 Å². The Balaban J connectivity index is 1.32. The van der Waals surface area contributed by atoms with Crippen LogP contribution < -0.4 is 24.4 Å². The fourth-order valence-electron chi connectivity index (χ4n) is 6.13. The van der Waals surface area contributed by atoms with E-state index in [2.05, 4.69) is 46.3 Å². The minimum absolute atomic E-state index is 0.0997. The molecule has 7 heteroatoms. The number of nitrogens with one attached hydrogen (secondary N) is 1. The number of benzene rings is 2. The molecule has 0 saturated carbocycles. The summed E-state index contributed by atoms with van der Waals surface area (Å²) < 4.78 is 16.8. The molecule has 1 aliphatic carbocycles. The lowest BCUT2D eigenvalue weighted by Crippen LogP contribution is -2.52. The van der Waals surface area contributed by atoms with Gasteiger partial charge in [-0.15, -0.1) is 0 Å². The molecule has 1 saturated heterocycles. The van der Waals surface area contributed by atoms with Crippen molar-refractivity contribution in [3.8, 4) is 17.2 Å². The molecule has 0 radical (unpaired) electrons. The molecular formula is C26H35N3O4. The standard InChI is InChI=1S/C26H35N3O4/c1-16-27-20-7-5-6-8-21(20)29(16)17-11-13-28(14-12-17)22-10-9-18-19(24(22)30)15-23(31-2)26(33-4)25(18)32-3/h5-8,15-17,22,24,27,30H,9-14H2,1-4H3. The van der Waals surface area contributed by atoms with Crippen molar-refractivity contribution < 1.29 is 19.3 Å². The Morgan fingerprint density at radius 2 is 1.70 bits per heavy atom. The predicted octanol–water partition coefficient (Wildman–Crippen LogP) is 3.80. The number of anilines is 2. The zero-order chi connectivity index (χ0) is 23.1. The highest BCUT2D eigenvalue weighted by atomic mass is 16.5. The third-order valence-corrected chi connectivity index (χ3v) is 7.67. The Morgan fingerprint density at radius 3 is 2.39 bits per heavy atom. The number of hydrogen-bond donors (Lipinski definition) is 2. The summed E-state index contributed by atoms with van der Waals surface area (Å²) in [6.45, 7) is 4.21. The zero-order valence-corrected chi connectivity index (χ0v) is 20.0. The highest BCUT2D eigenvalue weighted by Gasteiger charge is 2.39. The smallest absolute Gasteiger partial charge is 0.203 e. The van der Waals surface area contributed by atoms with Gasteiger partial charge in [0.25, 0.3) is 0 Å². The number of methoxy groups -OCH3 is 3. The van der Waals surface area contributed by atoms with E-state index in [0.29, 0.717) is 29.5 Å². The molecule has 0 bridgehead atoms. The van der Waals surface area contributed by atoms with E-state index in [0.717, 1.165) is 49.9 Å². The number of rotatable bonds is 5. The number of fused-ring (bicyclic) bond motifs is 2. The number of para-hydroxylation sites is 2. The normalized spacial score (nSPS) is 25.2. The number of piperidine rings is 1. The van der Waals surface area contributed by atoms with Gasteiger partial charge < -0.3 is 29.5 Å². The number of likely N-dealkylation sites (tertiary alicyclic amines) is 1. The van der Waals surface area contributed by atoms with Gasteiger partial charge in [-0.1, -0.05) is 12.1 Å². The van der Waals surface area contributed by atoms with Gasteiger partial charge in [-0.25, -0.2) is 0 Å². The Morgan fingerprint density at radius 1 is 0.970 bits per heavy atom. The summed E-state index contributed by atoms with van der Waals surface area (Å²) in [5, 5.41) is 15.0.